The first-order chi connectivity index (χ1) is 9.65. The lowest BCUT2D eigenvalue weighted by Gasteiger charge is -2.25. The highest BCUT2D eigenvalue weighted by molar-refractivity contribution is 5.67. The molecule has 2 N–H and O–H groups in total. The number of methoxy groups -OCH3 is 1. The third-order valence-corrected chi connectivity index (χ3v) is 3.33. The molecule has 0 fully saturated rings. The lowest BCUT2D eigenvalue weighted by molar-refractivity contribution is 0.0514. The lowest BCUT2D eigenvalue weighted by Crippen LogP contribution is -2.41. The van der Waals surface area contributed by atoms with Crippen LogP contribution in [-0.4, -0.2) is 44.5 Å². The van der Waals surface area contributed by atoms with Crippen molar-refractivity contribution < 1.29 is 14.3 Å². The van der Waals surface area contributed by atoms with Crippen molar-refractivity contribution in [2.24, 2.45) is 11.8 Å². The number of rotatable bonds is 9. The van der Waals surface area contributed by atoms with Crippen molar-refractivity contribution in [3.63, 3.8) is 0 Å². The molecule has 21 heavy (non-hydrogen) atoms. The number of hydrogen-bond donors (Lipinski definition) is 2. The fourth-order valence-corrected chi connectivity index (χ4v) is 1.82. The van der Waals surface area contributed by atoms with Gasteiger partial charge in [0.05, 0.1) is 0 Å². The van der Waals surface area contributed by atoms with Crippen molar-refractivity contribution in [2.75, 3.05) is 26.8 Å². The first-order valence-corrected chi connectivity index (χ1v) is 7.85. The molecule has 0 bridgehead atoms. The molecule has 0 saturated carbocycles. The SMILES string of the molecule is COCCC(C)NCC(CNC(=O)OC(C)(C)C)C(C)C. The van der Waals surface area contributed by atoms with E-state index in [1.165, 1.54) is 0 Å². The van der Waals surface area contributed by atoms with Gasteiger partial charge in [0, 0.05) is 32.8 Å². The monoisotopic (exact) mass is 302 g/mol. The highest BCUT2D eigenvalue weighted by atomic mass is 16.6. The fourth-order valence-electron chi connectivity index (χ4n) is 1.82. The first-order valence-electron chi connectivity index (χ1n) is 7.85. The Hall–Kier alpha value is -0.810. The normalized spacial score (nSPS) is 14.9. The van der Waals surface area contributed by atoms with E-state index in [4.69, 9.17) is 9.47 Å². The van der Waals surface area contributed by atoms with E-state index in [0.29, 0.717) is 24.4 Å². The molecule has 0 spiro atoms. The van der Waals surface area contributed by atoms with Crippen LogP contribution in [0, 0.1) is 11.8 Å². The Kier molecular flexibility index (Phi) is 9.62. The van der Waals surface area contributed by atoms with E-state index in [0.717, 1.165) is 19.6 Å². The summed E-state index contributed by atoms with van der Waals surface area (Å²) in [5.41, 5.74) is -0.454. The number of amides is 1. The summed E-state index contributed by atoms with van der Waals surface area (Å²) < 4.78 is 10.3. The minimum atomic E-state index is -0.454. The standard InChI is InChI=1S/C16H34N2O3/c1-12(2)14(10-17-13(3)8-9-20-7)11-18-15(19)21-16(4,5)6/h12-14,17H,8-11H2,1-7H3,(H,18,19). The van der Waals surface area contributed by atoms with Crippen LogP contribution in [-0.2, 0) is 9.47 Å². The molecule has 0 radical (unpaired) electrons. The molecule has 0 saturated heterocycles. The van der Waals surface area contributed by atoms with E-state index in [1.807, 2.05) is 20.8 Å². The second-order valence-corrected chi connectivity index (χ2v) is 6.98. The van der Waals surface area contributed by atoms with E-state index in [9.17, 15) is 4.79 Å². The lowest BCUT2D eigenvalue weighted by atomic mass is 9.95. The largest absolute Gasteiger partial charge is 0.444 e. The smallest absolute Gasteiger partial charge is 0.407 e. The summed E-state index contributed by atoms with van der Waals surface area (Å²) in [6.07, 6.45) is 0.640. The quantitative estimate of drug-likeness (QED) is 0.687. The van der Waals surface area contributed by atoms with Gasteiger partial charge < -0.3 is 20.1 Å². The van der Waals surface area contributed by atoms with Crippen LogP contribution in [0.5, 0.6) is 0 Å². The predicted molar refractivity (Wildman–Crippen MR) is 86.5 cm³/mol. The summed E-state index contributed by atoms with van der Waals surface area (Å²) in [4.78, 5) is 11.7. The Balaban J connectivity index is 4.11. The van der Waals surface area contributed by atoms with Crippen molar-refractivity contribution in [3.05, 3.63) is 0 Å². The Morgan fingerprint density at radius 1 is 1.14 bits per heavy atom. The molecule has 0 aromatic rings. The molecule has 0 heterocycles. The molecule has 0 aromatic heterocycles. The van der Waals surface area contributed by atoms with E-state index in [-0.39, 0.29) is 6.09 Å². The molecule has 0 rings (SSSR count). The minimum absolute atomic E-state index is 0.347. The third kappa shape index (κ3) is 11.5. The zero-order valence-electron chi connectivity index (χ0n) is 14.8. The van der Waals surface area contributed by atoms with Crippen LogP contribution in [0.15, 0.2) is 0 Å². The van der Waals surface area contributed by atoms with Crippen LogP contribution in [0.4, 0.5) is 4.79 Å². The van der Waals surface area contributed by atoms with Gasteiger partial charge in [0.2, 0.25) is 0 Å². The maximum atomic E-state index is 11.7. The molecule has 0 aliphatic rings. The van der Waals surface area contributed by atoms with Crippen LogP contribution in [0.2, 0.25) is 0 Å². The Bertz CT molecular complexity index is 288. The van der Waals surface area contributed by atoms with Crippen LogP contribution >= 0.6 is 0 Å². The number of alkyl carbamates (subject to hydrolysis) is 1. The number of carbonyl (C=O) groups is 1. The fraction of sp³-hybridized carbons (Fsp3) is 0.938. The average Bonchev–Trinajstić information content (AvgIpc) is 2.33. The van der Waals surface area contributed by atoms with E-state index < -0.39 is 5.60 Å². The molecule has 0 aliphatic carbocycles. The first kappa shape index (κ1) is 20.2. The summed E-state index contributed by atoms with van der Waals surface area (Å²) in [5, 5.41) is 6.36. The van der Waals surface area contributed by atoms with Gasteiger partial charge in [-0.2, -0.15) is 0 Å². The number of hydrogen-bond acceptors (Lipinski definition) is 4. The summed E-state index contributed by atoms with van der Waals surface area (Å²) in [6.45, 7) is 14.3. The van der Waals surface area contributed by atoms with Gasteiger partial charge in [0.25, 0.3) is 0 Å². The van der Waals surface area contributed by atoms with Gasteiger partial charge in [-0.3, -0.25) is 0 Å². The molecule has 2 atom stereocenters. The van der Waals surface area contributed by atoms with Gasteiger partial charge in [-0.15, -0.1) is 0 Å². The highest BCUT2D eigenvalue weighted by Gasteiger charge is 2.19. The molecule has 5 nitrogen and oxygen atoms in total. The summed E-state index contributed by atoms with van der Waals surface area (Å²) >= 11 is 0. The van der Waals surface area contributed by atoms with Crippen LogP contribution in [0.25, 0.3) is 0 Å². The third-order valence-electron chi connectivity index (χ3n) is 3.33. The predicted octanol–water partition coefficient (Wildman–Crippen LogP) is 2.80. The molecule has 0 aromatic carbocycles. The van der Waals surface area contributed by atoms with Gasteiger partial charge >= 0.3 is 6.09 Å². The second kappa shape index (κ2) is 10.0. The molecule has 2 unspecified atom stereocenters. The zero-order chi connectivity index (χ0) is 16.5. The maximum Gasteiger partial charge on any atom is 0.407 e. The minimum Gasteiger partial charge on any atom is -0.444 e. The Labute approximate surface area is 130 Å². The van der Waals surface area contributed by atoms with Gasteiger partial charge in [-0.25, -0.2) is 4.79 Å². The maximum absolute atomic E-state index is 11.7. The van der Waals surface area contributed by atoms with Gasteiger partial charge in [0.1, 0.15) is 5.60 Å². The number of ether oxygens (including phenoxy) is 2. The van der Waals surface area contributed by atoms with Crippen molar-refractivity contribution in [3.8, 4) is 0 Å². The van der Waals surface area contributed by atoms with Crippen molar-refractivity contribution in [1.29, 1.82) is 0 Å². The molecule has 126 valence electrons. The number of carbonyl (C=O) groups excluding carboxylic acids is 1. The summed E-state index contributed by atoms with van der Waals surface area (Å²) in [5.74, 6) is 0.865. The zero-order valence-corrected chi connectivity index (χ0v) is 14.8. The summed E-state index contributed by atoms with van der Waals surface area (Å²) in [7, 11) is 1.72. The second-order valence-electron chi connectivity index (χ2n) is 6.98. The van der Waals surface area contributed by atoms with Gasteiger partial charge in [0.15, 0.2) is 0 Å². The van der Waals surface area contributed by atoms with Crippen LogP contribution in [0.3, 0.4) is 0 Å². The molecule has 0 aliphatic heterocycles. The Morgan fingerprint density at radius 3 is 2.24 bits per heavy atom. The molecular formula is C16H34N2O3. The molecule has 5 heteroatoms. The van der Waals surface area contributed by atoms with Gasteiger partial charge in [-0.05, 0) is 46.0 Å². The topological polar surface area (TPSA) is 59.6 Å². The molecule has 1 amide bonds. The van der Waals surface area contributed by atoms with Crippen LogP contribution < -0.4 is 10.6 Å². The van der Waals surface area contributed by atoms with E-state index in [2.05, 4.69) is 31.4 Å². The molecular weight excluding hydrogens is 268 g/mol. The Morgan fingerprint density at radius 2 is 1.76 bits per heavy atom. The number of nitrogens with one attached hydrogen (secondary N) is 2. The van der Waals surface area contributed by atoms with Crippen LogP contribution in [0.1, 0.15) is 48.0 Å². The van der Waals surface area contributed by atoms with Crippen molar-refractivity contribution >= 4 is 6.09 Å². The van der Waals surface area contributed by atoms with Crippen molar-refractivity contribution in [1.82, 2.24) is 10.6 Å². The highest BCUT2D eigenvalue weighted by Crippen LogP contribution is 2.11. The summed E-state index contributed by atoms with van der Waals surface area (Å²) in [6, 6.07) is 0.410. The van der Waals surface area contributed by atoms with E-state index in [1.54, 1.807) is 7.11 Å². The van der Waals surface area contributed by atoms with Gasteiger partial charge in [-0.1, -0.05) is 13.8 Å². The van der Waals surface area contributed by atoms with E-state index >= 15 is 0 Å². The average molecular weight is 302 g/mol. The van der Waals surface area contributed by atoms with Crippen molar-refractivity contribution in [2.45, 2.75) is 59.6 Å².